The van der Waals surface area contributed by atoms with E-state index in [9.17, 15) is 9.65 Å². The number of rotatable bonds is 2. The van der Waals surface area contributed by atoms with Gasteiger partial charge < -0.3 is 9.30 Å². The van der Waals surface area contributed by atoms with Crippen LogP contribution in [0.4, 0.5) is 4.39 Å². The molecular formula is C19H20FN3O. The van der Waals surface area contributed by atoms with E-state index in [1.807, 2.05) is 6.07 Å². The maximum atomic E-state index is 13.6. The molecule has 4 rings (SSSR count). The molecular weight excluding hydrogens is 305 g/mol. The highest BCUT2D eigenvalue weighted by molar-refractivity contribution is 5.70. The molecule has 0 bridgehead atoms. The number of benzene rings is 1. The predicted molar refractivity (Wildman–Crippen MR) is 88.8 cm³/mol. The lowest BCUT2D eigenvalue weighted by Crippen LogP contribution is -2.43. The summed E-state index contributed by atoms with van der Waals surface area (Å²) in [7, 11) is 0. The summed E-state index contributed by atoms with van der Waals surface area (Å²) in [5.41, 5.74) is 3.39. The molecule has 1 aromatic carbocycles. The van der Waals surface area contributed by atoms with Crippen molar-refractivity contribution in [2.75, 3.05) is 19.8 Å². The lowest BCUT2D eigenvalue weighted by molar-refractivity contribution is 0.0242. The smallest absolute Gasteiger partial charge is 0.128 e. The van der Waals surface area contributed by atoms with E-state index in [2.05, 4.69) is 21.6 Å². The van der Waals surface area contributed by atoms with E-state index in [0.29, 0.717) is 11.7 Å². The summed E-state index contributed by atoms with van der Waals surface area (Å²) in [6.07, 6.45) is 2.14. The van der Waals surface area contributed by atoms with E-state index in [4.69, 9.17) is 4.74 Å². The average Bonchev–Trinajstić information content (AvgIpc) is 3.00. The number of nitriles is 1. The molecule has 0 atom stereocenters. The van der Waals surface area contributed by atoms with Gasteiger partial charge in [0.25, 0.3) is 0 Å². The topological polar surface area (TPSA) is 41.2 Å². The van der Waals surface area contributed by atoms with Gasteiger partial charge in [0.05, 0.1) is 0 Å². The second-order valence-electron chi connectivity index (χ2n) is 6.49. The molecule has 0 unspecified atom stereocenters. The van der Waals surface area contributed by atoms with E-state index in [1.54, 1.807) is 6.07 Å². The number of aromatic nitrogens is 1. The Kier molecular flexibility index (Phi) is 4.09. The van der Waals surface area contributed by atoms with Gasteiger partial charge in [0.1, 0.15) is 17.6 Å². The number of fused-ring (bicyclic) bond motifs is 1. The lowest BCUT2D eigenvalue weighted by Gasteiger charge is -2.37. The van der Waals surface area contributed by atoms with Gasteiger partial charge in [-0.3, -0.25) is 4.90 Å². The minimum absolute atomic E-state index is 0.274. The Balaban J connectivity index is 1.66. The fourth-order valence-electron chi connectivity index (χ4n) is 3.86. The summed E-state index contributed by atoms with van der Waals surface area (Å²) in [5, 5.41) is 9.61. The second kappa shape index (κ2) is 6.39. The van der Waals surface area contributed by atoms with Crippen molar-refractivity contribution in [1.82, 2.24) is 9.47 Å². The Labute approximate surface area is 141 Å². The summed E-state index contributed by atoms with van der Waals surface area (Å²) >= 11 is 0. The number of nitrogens with zero attached hydrogens (tertiary/aromatic N) is 3. The zero-order valence-electron chi connectivity index (χ0n) is 13.5. The number of hydrogen-bond acceptors (Lipinski definition) is 3. The Morgan fingerprint density at radius 3 is 2.75 bits per heavy atom. The fraction of sp³-hybridized carbons (Fsp3) is 0.421. The molecule has 0 amide bonds. The Bertz CT molecular complexity index is 786. The van der Waals surface area contributed by atoms with Gasteiger partial charge in [0.2, 0.25) is 0 Å². The zero-order valence-corrected chi connectivity index (χ0v) is 13.5. The van der Waals surface area contributed by atoms with E-state index in [1.165, 1.54) is 12.1 Å². The summed E-state index contributed by atoms with van der Waals surface area (Å²) in [4.78, 5) is 2.49. The Morgan fingerprint density at radius 2 is 2.00 bits per heavy atom. The third-order valence-corrected chi connectivity index (χ3v) is 5.11. The van der Waals surface area contributed by atoms with Gasteiger partial charge in [-0.15, -0.1) is 0 Å². The summed E-state index contributed by atoms with van der Waals surface area (Å²) in [6.45, 7) is 4.27. The largest absolute Gasteiger partial charge is 0.381 e. The zero-order chi connectivity index (χ0) is 16.5. The number of ether oxygens (including phenoxy) is 1. The minimum atomic E-state index is -0.274. The van der Waals surface area contributed by atoms with Crippen molar-refractivity contribution in [3.8, 4) is 17.2 Å². The van der Waals surface area contributed by atoms with E-state index in [0.717, 1.165) is 62.5 Å². The van der Waals surface area contributed by atoms with E-state index in [-0.39, 0.29) is 5.82 Å². The van der Waals surface area contributed by atoms with Crippen LogP contribution in [0.1, 0.15) is 24.2 Å². The fourth-order valence-corrected chi connectivity index (χ4v) is 3.86. The van der Waals surface area contributed by atoms with Crippen LogP contribution in [-0.2, 0) is 17.8 Å². The first-order valence-corrected chi connectivity index (χ1v) is 8.46. The van der Waals surface area contributed by atoms with Crippen molar-refractivity contribution in [1.29, 1.82) is 5.26 Å². The van der Waals surface area contributed by atoms with Crippen LogP contribution in [0.5, 0.6) is 0 Å². The van der Waals surface area contributed by atoms with Crippen molar-refractivity contribution in [2.45, 2.75) is 32.0 Å². The monoisotopic (exact) mass is 325 g/mol. The van der Waals surface area contributed by atoms with E-state index >= 15 is 0 Å². The van der Waals surface area contributed by atoms with Gasteiger partial charge in [-0.1, -0.05) is 12.1 Å². The maximum Gasteiger partial charge on any atom is 0.128 e. The second-order valence-corrected chi connectivity index (χ2v) is 6.49. The van der Waals surface area contributed by atoms with Crippen LogP contribution >= 0.6 is 0 Å². The van der Waals surface area contributed by atoms with E-state index < -0.39 is 0 Å². The molecule has 4 nitrogen and oxygen atoms in total. The van der Waals surface area contributed by atoms with Gasteiger partial charge in [0, 0.05) is 50.1 Å². The van der Waals surface area contributed by atoms with Crippen LogP contribution in [0.3, 0.4) is 0 Å². The quantitative estimate of drug-likeness (QED) is 0.852. The van der Waals surface area contributed by atoms with Crippen LogP contribution in [0.15, 0.2) is 30.3 Å². The van der Waals surface area contributed by atoms with Crippen LogP contribution < -0.4 is 0 Å². The first-order valence-electron chi connectivity index (χ1n) is 8.46. The normalized spacial score (nSPS) is 19.0. The van der Waals surface area contributed by atoms with Gasteiger partial charge in [-0.2, -0.15) is 5.26 Å². The van der Waals surface area contributed by atoms with Crippen molar-refractivity contribution in [3.63, 3.8) is 0 Å². The molecule has 2 aliphatic heterocycles. The van der Waals surface area contributed by atoms with Crippen molar-refractivity contribution < 1.29 is 9.13 Å². The van der Waals surface area contributed by atoms with Crippen molar-refractivity contribution in [2.24, 2.45) is 0 Å². The predicted octanol–water partition coefficient (Wildman–Crippen LogP) is 3.16. The van der Waals surface area contributed by atoms with Crippen LogP contribution in [0, 0.1) is 17.1 Å². The summed E-state index contributed by atoms with van der Waals surface area (Å²) in [6, 6.07) is 11.4. The molecule has 24 heavy (non-hydrogen) atoms. The SMILES string of the molecule is N#Cc1c(-c2cccc(F)c2)cc2n1CCN(C1CCOCC1)C2. The third-order valence-electron chi connectivity index (χ3n) is 5.11. The van der Waals surface area contributed by atoms with Crippen LogP contribution in [0.2, 0.25) is 0 Å². The molecule has 0 N–H and O–H groups in total. The Morgan fingerprint density at radius 1 is 1.17 bits per heavy atom. The van der Waals surface area contributed by atoms with Gasteiger partial charge in [0.15, 0.2) is 0 Å². The van der Waals surface area contributed by atoms with Crippen molar-refractivity contribution >= 4 is 0 Å². The molecule has 0 saturated carbocycles. The van der Waals surface area contributed by atoms with Crippen molar-refractivity contribution in [3.05, 3.63) is 47.5 Å². The minimum Gasteiger partial charge on any atom is -0.381 e. The molecule has 3 heterocycles. The average molecular weight is 325 g/mol. The maximum absolute atomic E-state index is 13.6. The molecule has 0 spiro atoms. The highest BCUT2D eigenvalue weighted by Gasteiger charge is 2.28. The highest BCUT2D eigenvalue weighted by atomic mass is 19.1. The molecule has 2 aliphatic rings. The standard InChI is InChI=1S/C19H20FN3O/c20-15-3-1-2-14(10-15)18-11-17-13-22(16-4-8-24-9-5-16)6-7-23(17)19(18)12-21/h1-3,10-11,16H,4-9,13H2. The molecule has 0 aliphatic carbocycles. The summed E-state index contributed by atoms with van der Waals surface area (Å²) in [5.74, 6) is -0.274. The molecule has 1 fully saturated rings. The molecule has 1 aromatic heterocycles. The molecule has 0 radical (unpaired) electrons. The lowest BCUT2D eigenvalue weighted by atomic mass is 10.1. The summed E-state index contributed by atoms with van der Waals surface area (Å²) < 4.78 is 21.1. The van der Waals surface area contributed by atoms with Gasteiger partial charge >= 0.3 is 0 Å². The molecule has 1 saturated heterocycles. The molecule has 2 aromatic rings. The van der Waals surface area contributed by atoms with Crippen LogP contribution in [-0.4, -0.2) is 35.3 Å². The Hall–Kier alpha value is -2.16. The number of halogens is 1. The molecule has 5 heteroatoms. The third kappa shape index (κ3) is 2.72. The molecule has 124 valence electrons. The van der Waals surface area contributed by atoms with Crippen LogP contribution in [0.25, 0.3) is 11.1 Å². The first-order chi connectivity index (χ1) is 11.8. The van der Waals surface area contributed by atoms with Gasteiger partial charge in [-0.25, -0.2) is 4.39 Å². The first kappa shape index (κ1) is 15.4. The number of hydrogen-bond donors (Lipinski definition) is 0. The van der Waals surface area contributed by atoms with Gasteiger partial charge in [-0.05, 0) is 36.6 Å². The highest BCUT2D eigenvalue weighted by Crippen LogP contribution is 2.31.